The average Bonchev–Trinajstić information content (AvgIpc) is 2.64. The fourth-order valence-electron chi connectivity index (χ4n) is 3.55. The topological polar surface area (TPSA) is 62.3 Å². The van der Waals surface area contributed by atoms with Crippen LogP contribution in [0.15, 0.2) is 41.4 Å². The predicted octanol–water partition coefficient (Wildman–Crippen LogP) is 4.27. The van der Waals surface area contributed by atoms with Gasteiger partial charge in [0.2, 0.25) is 0 Å². The normalized spacial score (nSPS) is 18.0. The minimum absolute atomic E-state index is 0.309. The number of aromatic nitrogens is 1. The van der Waals surface area contributed by atoms with Crippen LogP contribution in [-0.4, -0.2) is 26.0 Å². The van der Waals surface area contributed by atoms with E-state index in [4.69, 9.17) is 0 Å². The first-order chi connectivity index (χ1) is 12.4. The minimum Gasteiger partial charge on any atom is -0.354 e. The van der Waals surface area contributed by atoms with E-state index in [0.29, 0.717) is 16.6 Å². The molecule has 2 aromatic rings. The van der Waals surface area contributed by atoms with E-state index < -0.39 is 10.0 Å². The largest absolute Gasteiger partial charge is 0.354 e. The molecule has 0 spiro atoms. The number of aryl methyl sites for hydroxylation is 2. The molecule has 3 rings (SSSR count). The van der Waals surface area contributed by atoms with Gasteiger partial charge in [0.05, 0.1) is 16.8 Å². The Bertz CT molecular complexity index is 863. The standard InChI is InChI=1S/C20H27N3O2S/c1-4-18-7-5-6-12-23(18)20-11-10-17(14-21-20)22-26(24,25)19-13-15(2)8-9-16(19)3/h8-11,13-14,18,22H,4-7,12H2,1-3H3. The second-order valence-corrected chi connectivity index (χ2v) is 8.68. The van der Waals surface area contributed by atoms with E-state index >= 15 is 0 Å². The van der Waals surface area contributed by atoms with Crippen molar-refractivity contribution in [3.8, 4) is 0 Å². The molecule has 1 unspecified atom stereocenters. The van der Waals surface area contributed by atoms with E-state index in [0.717, 1.165) is 29.9 Å². The minimum atomic E-state index is -3.62. The van der Waals surface area contributed by atoms with Gasteiger partial charge in [0.1, 0.15) is 5.82 Å². The van der Waals surface area contributed by atoms with Gasteiger partial charge in [0.25, 0.3) is 10.0 Å². The van der Waals surface area contributed by atoms with Gasteiger partial charge in [-0.05, 0) is 68.9 Å². The van der Waals surface area contributed by atoms with Crippen LogP contribution >= 0.6 is 0 Å². The summed E-state index contributed by atoms with van der Waals surface area (Å²) in [6.45, 7) is 6.91. The zero-order chi connectivity index (χ0) is 18.7. The first kappa shape index (κ1) is 18.7. The molecule has 0 radical (unpaired) electrons. The number of nitrogens with zero attached hydrogens (tertiary/aromatic N) is 2. The number of hydrogen-bond acceptors (Lipinski definition) is 4. The van der Waals surface area contributed by atoms with E-state index in [9.17, 15) is 8.42 Å². The van der Waals surface area contributed by atoms with Gasteiger partial charge in [-0.1, -0.05) is 19.1 Å². The number of rotatable bonds is 5. The molecule has 6 heteroatoms. The summed E-state index contributed by atoms with van der Waals surface area (Å²) in [6, 6.07) is 9.66. The highest BCUT2D eigenvalue weighted by Crippen LogP contribution is 2.26. The first-order valence-corrected chi connectivity index (χ1v) is 10.7. The molecule has 1 aromatic carbocycles. The molecule has 26 heavy (non-hydrogen) atoms. The summed E-state index contributed by atoms with van der Waals surface area (Å²) in [5, 5.41) is 0. The molecule has 1 aliphatic heterocycles. The van der Waals surface area contributed by atoms with Crippen molar-refractivity contribution in [3.05, 3.63) is 47.7 Å². The molecule has 0 aliphatic carbocycles. The SMILES string of the molecule is CCC1CCCCN1c1ccc(NS(=O)(=O)c2cc(C)ccc2C)cn1. The Morgan fingerprint density at radius 2 is 2.00 bits per heavy atom. The zero-order valence-corrected chi connectivity index (χ0v) is 16.5. The van der Waals surface area contributed by atoms with Crippen LogP contribution in [-0.2, 0) is 10.0 Å². The second-order valence-electron chi connectivity index (χ2n) is 7.03. The molecule has 0 amide bonds. The van der Waals surface area contributed by atoms with Gasteiger partial charge in [-0.15, -0.1) is 0 Å². The third kappa shape index (κ3) is 4.01. The van der Waals surface area contributed by atoms with Gasteiger partial charge in [-0.25, -0.2) is 13.4 Å². The van der Waals surface area contributed by atoms with Crippen LogP contribution in [0.5, 0.6) is 0 Å². The number of hydrogen-bond donors (Lipinski definition) is 1. The third-order valence-corrected chi connectivity index (χ3v) is 6.55. The smallest absolute Gasteiger partial charge is 0.262 e. The zero-order valence-electron chi connectivity index (χ0n) is 15.7. The van der Waals surface area contributed by atoms with Crippen molar-refractivity contribution in [2.24, 2.45) is 0 Å². The summed E-state index contributed by atoms with van der Waals surface area (Å²) in [5.74, 6) is 0.922. The molecule has 1 atom stereocenters. The number of piperidine rings is 1. The highest BCUT2D eigenvalue weighted by Gasteiger charge is 2.22. The van der Waals surface area contributed by atoms with Gasteiger partial charge in [-0.3, -0.25) is 4.72 Å². The maximum absolute atomic E-state index is 12.7. The van der Waals surface area contributed by atoms with Crippen molar-refractivity contribution in [3.63, 3.8) is 0 Å². The molecule has 0 bridgehead atoms. The summed E-state index contributed by atoms with van der Waals surface area (Å²) < 4.78 is 28.1. The average molecular weight is 374 g/mol. The van der Waals surface area contributed by atoms with Crippen molar-refractivity contribution in [2.45, 2.75) is 57.4 Å². The number of nitrogens with one attached hydrogen (secondary N) is 1. The number of sulfonamides is 1. The van der Waals surface area contributed by atoms with Gasteiger partial charge in [-0.2, -0.15) is 0 Å². The summed E-state index contributed by atoms with van der Waals surface area (Å²) in [7, 11) is -3.62. The van der Waals surface area contributed by atoms with Crippen LogP contribution in [0, 0.1) is 13.8 Å². The molecule has 140 valence electrons. The molecule has 1 fully saturated rings. The van der Waals surface area contributed by atoms with Crippen molar-refractivity contribution in [2.75, 3.05) is 16.2 Å². The Morgan fingerprint density at radius 3 is 2.69 bits per heavy atom. The maximum Gasteiger partial charge on any atom is 0.262 e. The molecule has 5 nitrogen and oxygen atoms in total. The third-order valence-electron chi connectivity index (χ3n) is 5.03. The molecule has 0 saturated carbocycles. The molecular weight excluding hydrogens is 346 g/mol. The van der Waals surface area contributed by atoms with Crippen molar-refractivity contribution >= 4 is 21.5 Å². The van der Waals surface area contributed by atoms with Crippen LogP contribution < -0.4 is 9.62 Å². The lowest BCUT2D eigenvalue weighted by Crippen LogP contribution is -2.39. The predicted molar refractivity (Wildman–Crippen MR) is 106 cm³/mol. The summed E-state index contributed by atoms with van der Waals surface area (Å²) in [6.07, 6.45) is 6.35. The summed E-state index contributed by atoms with van der Waals surface area (Å²) in [4.78, 5) is 7.17. The highest BCUT2D eigenvalue weighted by molar-refractivity contribution is 7.92. The van der Waals surface area contributed by atoms with E-state index in [1.165, 1.54) is 19.3 Å². The van der Waals surface area contributed by atoms with Crippen molar-refractivity contribution in [1.29, 1.82) is 0 Å². The van der Waals surface area contributed by atoms with Crippen LogP contribution in [0.25, 0.3) is 0 Å². The summed E-state index contributed by atoms with van der Waals surface area (Å²) in [5.41, 5.74) is 2.13. The quantitative estimate of drug-likeness (QED) is 0.850. The van der Waals surface area contributed by atoms with E-state index in [-0.39, 0.29) is 0 Å². The van der Waals surface area contributed by atoms with E-state index in [2.05, 4.69) is 21.5 Å². The fraction of sp³-hybridized carbons (Fsp3) is 0.450. The number of benzene rings is 1. The van der Waals surface area contributed by atoms with Crippen LogP contribution in [0.2, 0.25) is 0 Å². The second kappa shape index (κ2) is 7.66. The fourth-order valence-corrected chi connectivity index (χ4v) is 4.92. The molecule has 1 N–H and O–H groups in total. The molecule has 2 heterocycles. The van der Waals surface area contributed by atoms with Crippen LogP contribution in [0.4, 0.5) is 11.5 Å². The van der Waals surface area contributed by atoms with E-state index in [1.54, 1.807) is 25.3 Å². The van der Waals surface area contributed by atoms with Gasteiger partial charge in [0, 0.05) is 12.6 Å². The van der Waals surface area contributed by atoms with Gasteiger partial charge < -0.3 is 4.90 Å². The first-order valence-electron chi connectivity index (χ1n) is 9.23. The Hall–Kier alpha value is -2.08. The maximum atomic E-state index is 12.7. The Kier molecular flexibility index (Phi) is 5.51. The lowest BCUT2D eigenvalue weighted by Gasteiger charge is -2.36. The molecule has 1 saturated heterocycles. The number of anilines is 2. The lowest BCUT2D eigenvalue weighted by molar-refractivity contribution is 0.447. The Balaban J connectivity index is 1.79. The lowest BCUT2D eigenvalue weighted by atomic mass is 10.00. The Labute approximate surface area is 156 Å². The van der Waals surface area contributed by atoms with Crippen LogP contribution in [0.3, 0.4) is 0 Å². The molecular formula is C20H27N3O2S. The van der Waals surface area contributed by atoms with Gasteiger partial charge >= 0.3 is 0 Å². The number of pyridine rings is 1. The van der Waals surface area contributed by atoms with Gasteiger partial charge in [0.15, 0.2) is 0 Å². The molecule has 1 aliphatic rings. The Morgan fingerprint density at radius 1 is 1.19 bits per heavy atom. The monoisotopic (exact) mass is 373 g/mol. The molecule has 1 aromatic heterocycles. The van der Waals surface area contributed by atoms with E-state index in [1.807, 2.05) is 25.1 Å². The highest BCUT2D eigenvalue weighted by atomic mass is 32.2. The van der Waals surface area contributed by atoms with Crippen molar-refractivity contribution < 1.29 is 8.42 Å². The van der Waals surface area contributed by atoms with Crippen molar-refractivity contribution in [1.82, 2.24) is 4.98 Å². The summed E-state index contributed by atoms with van der Waals surface area (Å²) >= 11 is 0. The van der Waals surface area contributed by atoms with Crippen LogP contribution in [0.1, 0.15) is 43.7 Å².